The van der Waals surface area contributed by atoms with Crippen molar-refractivity contribution in [1.29, 1.82) is 0 Å². The van der Waals surface area contributed by atoms with Crippen LogP contribution < -0.4 is 5.32 Å². The molecule has 0 unspecified atom stereocenters. The molecule has 0 aromatic heterocycles. The number of piperazine rings is 1. The minimum absolute atomic E-state index is 0.143. The molecule has 1 aliphatic heterocycles. The first-order valence-corrected chi connectivity index (χ1v) is 14.0. The Bertz CT molecular complexity index is 1210. The monoisotopic (exact) mass is 495 g/mol. The van der Waals surface area contributed by atoms with Gasteiger partial charge in [-0.05, 0) is 47.5 Å². The highest BCUT2D eigenvalue weighted by molar-refractivity contribution is 7.98. The van der Waals surface area contributed by atoms with Crippen molar-refractivity contribution in [1.82, 2.24) is 9.21 Å². The molecule has 1 amide bonds. The smallest absolute Gasteiger partial charge is 0.255 e. The number of hydrogen-bond donors (Lipinski definition) is 1. The number of nitrogens with one attached hydrogen (secondary N) is 1. The molecule has 1 saturated heterocycles. The summed E-state index contributed by atoms with van der Waals surface area (Å²) >= 11 is 1.78. The lowest BCUT2D eigenvalue weighted by molar-refractivity contribution is 0.102. The predicted octanol–water partition coefficient (Wildman–Crippen LogP) is 4.31. The Morgan fingerprint density at radius 2 is 1.59 bits per heavy atom. The van der Waals surface area contributed by atoms with Crippen molar-refractivity contribution in [3.05, 3.63) is 95.6 Å². The van der Waals surface area contributed by atoms with Crippen LogP contribution in [0.25, 0.3) is 0 Å². The molecule has 6 nitrogen and oxygen atoms in total. The number of amides is 1. The average Bonchev–Trinajstić information content (AvgIpc) is 2.84. The molecule has 1 heterocycles. The van der Waals surface area contributed by atoms with Gasteiger partial charge in [0, 0.05) is 54.6 Å². The number of hydrogen-bond acceptors (Lipinski definition) is 5. The predicted molar refractivity (Wildman–Crippen MR) is 139 cm³/mol. The van der Waals surface area contributed by atoms with E-state index >= 15 is 0 Å². The average molecular weight is 496 g/mol. The van der Waals surface area contributed by atoms with Gasteiger partial charge in [0.15, 0.2) is 0 Å². The summed E-state index contributed by atoms with van der Waals surface area (Å²) in [6, 6.07) is 25.8. The van der Waals surface area contributed by atoms with E-state index in [1.807, 2.05) is 66.7 Å². The molecule has 0 radical (unpaired) electrons. The highest BCUT2D eigenvalue weighted by Crippen LogP contribution is 2.23. The van der Waals surface area contributed by atoms with Crippen LogP contribution in [-0.4, -0.2) is 56.0 Å². The molecule has 1 fully saturated rings. The maximum atomic E-state index is 12.8. The van der Waals surface area contributed by atoms with Gasteiger partial charge in [-0.15, -0.1) is 11.8 Å². The molecule has 4 rings (SSSR count). The van der Waals surface area contributed by atoms with Crippen molar-refractivity contribution < 1.29 is 13.2 Å². The van der Waals surface area contributed by atoms with Gasteiger partial charge in [-0.25, -0.2) is 8.42 Å². The second-order valence-corrected chi connectivity index (χ2v) is 11.4. The van der Waals surface area contributed by atoms with Gasteiger partial charge in [-0.2, -0.15) is 4.31 Å². The summed E-state index contributed by atoms with van der Waals surface area (Å²) in [4.78, 5) is 16.3. The summed E-state index contributed by atoms with van der Waals surface area (Å²) in [5.41, 5.74) is 3.61. The Labute approximate surface area is 206 Å². The SMILES string of the molecule is CS(=O)(=O)N1CCN(Cc2cccc(C(=O)Nc3ccc(CSc4ccccc4)cc3)c2)CC1. The van der Waals surface area contributed by atoms with Crippen molar-refractivity contribution in [3.8, 4) is 0 Å². The minimum Gasteiger partial charge on any atom is -0.322 e. The van der Waals surface area contributed by atoms with Gasteiger partial charge in [-0.1, -0.05) is 42.5 Å². The molecular formula is C26H29N3O3S2. The zero-order valence-electron chi connectivity index (χ0n) is 19.2. The fourth-order valence-corrected chi connectivity index (χ4v) is 5.56. The molecule has 34 heavy (non-hydrogen) atoms. The fraction of sp³-hybridized carbons (Fsp3) is 0.269. The van der Waals surface area contributed by atoms with Gasteiger partial charge in [0.2, 0.25) is 10.0 Å². The number of sulfonamides is 1. The van der Waals surface area contributed by atoms with E-state index < -0.39 is 10.0 Å². The van der Waals surface area contributed by atoms with Crippen molar-refractivity contribution in [2.45, 2.75) is 17.2 Å². The molecular weight excluding hydrogens is 466 g/mol. The third-order valence-corrected chi connectivity index (χ3v) is 8.14. The number of thioether (sulfide) groups is 1. The molecule has 3 aromatic rings. The standard InChI is InChI=1S/C26H29N3O3S2/c1-34(31,32)29-16-14-28(15-17-29)19-22-6-5-7-23(18-22)26(30)27-24-12-10-21(11-13-24)20-33-25-8-3-2-4-9-25/h2-13,18H,14-17,19-20H2,1H3,(H,27,30). The van der Waals surface area contributed by atoms with Crippen molar-refractivity contribution >= 4 is 33.4 Å². The summed E-state index contributed by atoms with van der Waals surface area (Å²) in [7, 11) is -3.14. The lowest BCUT2D eigenvalue weighted by Gasteiger charge is -2.33. The highest BCUT2D eigenvalue weighted by atomic mass is 32.2. The molecule has 1 N–H and O–H groups in total. The Hall–Kier alpha value is -2.65. The first kappa shape index (κ1) is 24.5. The summed E-state index contributed by atoms with van der Waals surface area (Å²) in [5, 5.41) is 2.98. The number of anilines is 1. The third kappa shape index (κ3) is 6.93. The van der Waals surface area contributed by atoms with Gasteiger partial charge >= 0.3 is 0 Å². The van der Waals surface area contributed by atoms with Crippen LogP contribution in [-0.2, 0) is 22.3 Å². The van der Waals surface area contributed by atoms with Crippen LogP contribution in [0.15, 0.2) is 83.8 Å². The van der Waals surface area contributed by atoms with Crippen LogP contribution in [0.1, 0.15) is 21.5 Å². The van der Waals surface area contributed by atoms with E-state index in [1.54, 1.807) is 11.8 Å². The lowest BCUT2D eigenvalue weighted by Crippen LogP contribution is -2.47. The van der Waals surface area contributed by atoms with Crippen LogP contribution in [0, 0.1) is 0 Å². The van der Waals surface area contributed by atoms with E-state index in [0.717, 1.165) is 17.0 Å². The fourth-order valence-electron chi connectivity index (χ4n) is 3.86. The van der Waals surface area contributed by atoms with E-state index in [4.69, 9.17) is 0 Å². The molecule has 0 atom stereocenters. The van der Waals surface area contributed by atoms with Gasteiger partial charge in [0.1, 0.15) is 0 Å². The number of carbonyl (C=O) groups excluding carboxylic acids is 1. The number of rotatable bonds is 8. The van der Waals surface area contributed by atoms with Gasteiger partial charge in [-0.3, -0.25) is 9.69 Å². The van der Waals surface area contributed by atoms with E-state index in [2.05, 4.69) is 22.3 Å². The molecule has 0 aliphatic carbocycles. The van der Waals surface area contributed by atoms with Crippen LogP contribution in [0.2, 0.25) is 0 Å². The van der Waals surface area contributed by atoms with Crippen LogP contribution >= 0.6 is 11.8 Å². The van der Waals surface area contributed by atoms with Crippen molar-refractivity contribution in [3.63, 3.8) is 0 Å². The molecule has 0 saturated carbocycles. The van der Waals surface area contributed by atoms with Crippen LogP contribution in [0.4, 0.5) is 5.69 Å². The summed E-state index contributed by atoms with van der Waals surface area (Å²) in [6.07, 6.45) is 1.25. The Morgan fingerprint density at radius 1 is 0.882 bits per heavy atom. The quantitative estimate of drug-likeness (QED) is 0.472. The second-order valence-electron chi connectivity index (χ2n) is 8.39. The highest BCUT2D eigenvalue weighted by Gasteiger charge is 2.23. The second kappa shape index (κ2) is 11.2. The third-order valence-electron chi connectivity index (χ3n) is 5.76. The van der Waals surface area contributed by atoms with E-state index in [-0.39, 0.29) is 5.91 Å². The Kier molecular flexibility index (Phi) is 8.05. The van der Waals surface area contributed by atoms with Crippen LogP contribution in [0.3, 0.4) is 0 Å². The summed E-state index contributed by atoms with van der Waals surface area (Å²) in [5.74, 6) is 0.730. The van der Waals surface area contributed by atoms with Gasteiger partial charge in [0.05, 0.1) is 6.26 Å². The summed E-state index contributed by atoms with van der Waals surface area (Å²) < 4.78 is 24.9. The van der Waals surface area contributed by atoms with E-state index in [0.29, 0.717) is 38.3 Å². The number of benzene rings is 3. The molecule has 0 spiro atoms. The molecule has 8 heteroatoms. The van der Waals surface area contributed by atoms with Crippen LogP contribution in [0.5, 0.6) is 0 Å². The first-order chi connectivity index (χ1) is 16.4. The molecule has 0 bridgehead atoms. The van der Waals surface area contributed by atoms with Gasteiger partial charge in [0.25, 0.3) is 5.91 Å². The normalized spacial score (nSPS) is 15.2. The largest absolute Gasteiger partial charge is 0.322 e. The zero-order valence-corrected chi connectivity index (χ0v) is 20.8. The topological polar surface area (TPSA) is 69.7 Å². The Morgan fingerprint density at radius 3 is 2.26 bits per heavy atom. The van der Waals surface area contributed by atoms with Gasteiger partial charge < -0.3 is 5.32 Å². The maximum absolute atomic E-state index is 12.8. The van der Waals surface area contributed by atoms with Crippen molar-refractivity contribution in [2.75, 3.05) is 37.8 Å². The van der Waals surface area contributed by atoms with E-state index in [9.17, 15) is 13.2 Å². The number of carbonyl (C=O) groups is 1. The lowest BCUT2D eigenvalue weighted by atomic mass is 10.1. The maximum Gasteiger partial charge on any atom is 0.255 e. The number of nitrogens with zero attached hydrogens (tertiary/aromatic N) is 2. The zero-order chi connectivity index (χ0) is 24.0. The Balaban J connectivity index is 1.30. The summed E-state index contributed by atoms with van der Waals surface area (Å²) in [6.45, 7) is 3.04. The van der Waals surface area contributed by atoms with Crippen molar-refractivity contribution in [2.24, 2.45) is 0 Å². The molecule has 178 valence electrons. The first-order valence-electron chi connectivity index (χ1n) is 11.2. The minimum atomic E-state index is -3.14. The van der Waals surface area contributed by atoms with E-state index in [1.165, 1.54) is 21.0 Å². The molecule has 3 aromatic carbocycles. The molecule has 1 aliphatic rings.